The summed E-state index contributed by atoms with van der Waals surface area (Å²) in [5.74, 6) is 0.803. The molecular formula is C19H21N. The Balaban J connectivity index is 1.65. The lowest BCUT2D eigenvalue weighted by atomic mass is 9.96. The van der Waals surface area contributed by atoms with E-state index in [1.807, 2.05) is 0 Å². The fraction of sp³-hybridized carbons (Fsp3) is 0.368. The Labute approximate surface area is 121 Å². The van der Waals surface area contributed by atoms with Crippen molar-refractivity contribution in [3.05, 3.63) is 71.3 Å². The SMILES string of the molecule is c1ccc(CN2CCCC3CC2c2ccccc23)cc1. The average Bonchev–Trinajstić information content (AvgIpc) is 2.72. The van der Waals surface area contributed by atoms with Gasteiger partial charge in [-0.1, -0.05) is 54.6 Å². The van der Waals surface area contributed by atoms with Crippen LogP contribution in [0.15, 0.2) is 54.6 Å². The molecule has 2 unspecified atom stereocenters. The molecule has 102 valence electrons. The van der Waals surface area contributed by atoms with Gasteiger partial charge in [-0.05, 0) is 48.4 Å². The van der Waals surface area contributed by atoms with E-state index in [-0.39, 0.29) is 0 Å². The maximum Gasteiger partial charge on any atom is 0.0360 e. The molecular weight excluding hydrogens is 242 g/mol. The average molecular weight is 263 g/mol. The standard InChI is InChI=1S/C19H21N/c1-2-7-15(8-3-1)14-20-12-6-9-16-13-19(20)18-11-5-4-10-17(16)18/h1-5,7-8,10-11,16,19H,6,9,12-14H2. The fourth-order valence-electron chi connectivity index (χ4n) is 4.03. The van der Waals surface area contributed by atoms with Gasteiger partial charge >= 0.3 is 0 Å². The molecule has 0 aromatic heterocycles. The lowest BCUT2D eigenvalue weighted by Gasteiger charge is -2.29. The first-order chi connectivity index (χ1) is 9.92. The first-order valence-corrected chi connectivity index (χ1v) is 7.78. The maximum atomic E-state index is 2.70. The van der Waals surface area contributed by atoms with E-state index >= 15 is 0 Å². The molecule has 2 aromatic carbocycles. The van der Waals surface area contributed by atoms with Crippen molar-refractivity contribution < 1.29 is 0 Å². The van der Waals surface area contributed by atoms with Crippen LogP contribution in [0.1, 0.15) is 47.9 Å². The summed E-state index contributed by atoms with van der Waals surface area (Å²) in [7, 11) is 0. The van der Waals surface area contributed by atoms with E-state index in [9.17, 15) is 0 Å². The Morgan fingerprint density at radius 3 is 2.50 bits per heavy atom. The van der Waals surface area contributed by atoms with Crippen molar-refractivity contribution >= 4 is 0 Å². The van der Waals surface area contributed by atoms with Crippen LogP contribution in [0, 0.1) is 0 Å². The molecule has 1 heterocycles. The molecule has 1 saturated heterocycles. The zero-order valence-electron chi connectivity index (χ0n) is 11.8. The third kappa shape index (κ3) is 2.06. The number of benzene rings is 2. The molecule has 1 heteroatoms. The summed E-state index contributed by atoms with van der Waals surface area (Å²) in [4.78, 5) is 2.70. The molecule has 2 atom stereocenters. The van der Waals surface area contributed by atoms with Gasteiger partial charge in [0.05, 0.1) is 0 Å². The molecule has 20 heavy (non-hydrogen) atoms. The van der Waals surface area contributed by atoms with Crippen LogP contribution in [0.5, 0.6) is 0 Å². The second-order valence-corrected chi connectivity index (χ2v) is 6.18. The van der Waals surface area contributed by atoms with Crippen LogP contribution < -0.4 is 0 Å². The molecule has 0 amide bonds. The van der Waals surface area contributed by atoms with E-state index in [0.29, 0.717) is 6.04 Å². The molecule has 0 saturated carbocycles. The van der Waals surface area contributed by atoms with Gasteiger partial charge in [0.2, 0.25) is 0 Å². The van der Waals surface area contributed by atoms with E-state index in [4.69, 9.17) is 0 Å². The molecule has 2 aliphatic rings. The van der Waals surface area contributed by atoms with Crippen molar-refractivity contribution in [1.29, 1.82) is 0 Å². The van der Waals surface area contributed by atoms with Crippen LogP contribution in [0.2, 0.25) is 0 Å². The number of rotatable bonds is 2. The van der Waals surface area contributed by atoms with Crippen molar-refractivity contribution in [3.63, 3.8) is 0 Å². The Kier molecular flexibility index (Phi) is 3.08. The van der Waals surface area contributed by atoms with Gasteiger partial charge in [-0.3, -0.25) is 4.90 Å². The maximum absolute atomic E-state index is 2.70. The first kappa shape index (κ1) is 12.2. The zero-order valence-corrected chi connectivity index (χ0v) is 11.8. The predicted octanol–water partition coefficient (Wildman–Crippen LogP) is 4.51. The van der Waals surface area contributed by atoms with Crippen molar-refractivity contribution in [2.45, 2.75) is 37.8 Å². The van der Waals surface area contributed by atoms with Crippen LogP contribution in [0.25, 0.3) is 0 Å². The number of fused-ring (bicyclic) bond motifs is 5. The number of nitrogens with zero attached hydrogens (tertiary/aromatic N) is 1. The second-order valence-electron chi connectivity index (χ2n) is 6.18. The van der Waals surface area contributed by atoms with Crippen molar-refractivity contribution in [1.82, 2.24) is 4.90 Å². The summed E-state index contributed by atoms with van der Waals surface area (Å²) in [5.41, 5.74) is 4.65. The predicted molar refractivity (Wildman–Crippen MR) is 82.6 cm³/mol. The van der Waals surface area contributed by atoms with Crippen molar-refractivity contribution in [2.24, 2.45) is 0 Å². The molecule has 0 radical (unpaired) electrons. The number of hydrogen-bond acceptors (Lipinski definition) is 1. The number of likely N-dealkylation sites (tertiary alicyclic amines) is 1. The molecule has 1 nitrogen and oxygen atoms in total. The third-order valence-electron chi connectivity index (χ3n) is 4.97. The smallest absolute Gasteiger partial charge is 0.0360 e. The van der Waals surface area contributed by atoms with Crippen LogP contribution in [0.4, 0.5) is 0 Å². The van der Waals surface area contributed by atoms with Gasteiger partial charge in [0.15, 0.2) is 0 Å². The fourth-order valence-corrected chi connectivity index (χ4v) is 4.03. The van der Waals surface area contributed by atoms with Crippen LogP contribution in [-0.2, 0) is 6.54 Å². The Bertz CT molecular complexity index is 590. The van der Waals surface area contributed by atoms with E-state index in [1.54, 1.807) is 11.1 Å². The first-order valence-electron chi connectivity index (χ1n) is 7.78. The Hall–Kier alpha value is -1.60. The zero-order chi connectivity index (χ0) is 13.4. The molecule has 1 aliphatic carbocycles. The van der Waals surface area contributed by atoms with Crippen molar-refractivity contribution in [2.75, 3.05) is 6.54 Å². The Morgan fingerprint density at radius 2 is 1.65 bits per heavy atom. The highest BCUT2D eigenvalue weighted by atomic mass is 15.2. The van der Waals surface area contributed by atoms with Crippen LogP contribution in [0.3, 0.4) is 0 Å². The summed E-state index contributed by atoms with van der Waals surface area (Å²) in [6.07, 6.45) is 4.02. The highest BCUT2D eigenvalue weighted by molar-refractivity contribution is 5.38. The molecule has 0 spiro atoms. The summed E-state index contributed by atoms with van der Waals surface area (Å²) in [5, 5.41) is 0. The van der Waals surface area contributed by atoms with E-state index in [0.717, 1.165) is 12.5 Å². The second kappa shape index (κ2) is 5.06. The van der Waals surface area contributed by atoms with Gasteiger partial charge in [-0.25, -0.2) is 0 Å². The van der Waals surface area contributed by atoms with E-state index in [2.05, 4.69) is 59.5 Å². The van der Waals surface area contributed by atoms with Gasteiger partial charge in [0, 0.05) is 12.6 Å². The summed E-state index contributed by atoms with van der Waals surface area (Å²) in [6.45, 7) is 2.33. The molecule has 2 aromatic rings. The van der Waals surface area contributed by atoms with Crippen LogP contribution in [-0.4, -0.2) is 11.4 Å². The molecule has 1 fully saturated rings. The minimum absolute atomic E-state index is 0.638. The summed E-state index contributed by atoms with van der Waals surface area (Å²) < 4.78 is 0. The molecule has 4 rings (SSSR count). The minimum Gasteiger partial charge on any atom is -0.292 e. The van der Waals surface area contributed by atoms with E-state index < -0.39 is 0 Å². The van der Waals surface area contributed by atoms with Gasteiger partial charge in [-0.2, -0.15) is 0 Å². The number of hydrogen-bond donors (Lipinski definition) is 0. The lowest BCUT2D eigenvalue weighted by molar-refractivity contribution is 0.197. The van der Waals surface area contributed by atoms with Crippen LogP contribution >= 0.6 is 0 Å². The third-order valence-corrected chi connectivity index (χ3v) is 4.97. The topological polar surface area (TPSA) is 3.24 Å². The normalized spacial score (nSPS) is 25.2. The minimum atomic E-state index is 0.638. The highest BCUT2D eigenvalue weighted by Gasteiger charge is 2.36. The largest absolute Gasteiger partial charge is 0.292 e. The van der Waals surface area contributed by atoms with Gasteiger partial charge in [-0.15, -0.1) is 0 Å². The molecule has 0 N–H and O–H groups in total. The highest BCUT2D eigenvalue weighted by Crippen LogP contribution is 2.47. The molecule has 1 aliphatic heterocycles. The van der Waals surface area contributed by atoms with Gasteiger partial charge < -0.3 is 0 Å². The van der Waals surface area contributed by atoms with E-state index in [1.165, 1.54) is 31.4 Å². The van der Waals surface area contributed by atoms with Gasteiger partial charge in [0.1, 0.15) is 0 Å². The quantitative estimate of drug-likeness (QED) is 0.770. The summed E-state index contributed by atoms with van der Waals surface area (Å²) in [6, 6.07) is 20.7. The van der Waals surface area contributed by atoms with Gasteiger partial charge in [0.25, 0.3) is 0 Å². The molecule has 2 bridgehead atoms. The summed E-state index contributed by atoms with van der Waals surface area (Å²) >= 11 is 0. The lowest BCUT2D eigenvalue weighted by Crippen LogP contribution is -2.27. The van der Waals surface area contributed by atoms with Crippen molar-refractivity contribution in [3.8, 4) is 0 Å². The monoisotopic (exact) mass is 263 g/mol. The Morgan fingerprint density at radius 1 is 0.900 bits per heavy atom.